The van der Waals surface area contributed by atoms with Crippen LogP contribution in [0.25, 0.3) is 0 Å². The Morgan fingerprint density at radius 3 is 3.04 bits per heavy atom. The fraction of sp³-hybridized carbons (Fsp3) is 0.444. The number of halogens is 1. The third-order valence-corrected chi connectivity index (χ3v) is 4.86. The van der Waals surface area contributed by atoms with Crippen molar-refractivity contribution in [2.45, 2.75) is 38.6 Å². The Hall–Kier alpha value is -2.01. The van der Waals surface area contributed by atoms with Gasteiger partial charge < -0.3 is 14.2 Å². The van der Waals surface area contributed by atoms with E-state index in [2.05, 4.69) is 11.2 Å². The molecule has 0 unspecified atom stereocenters. The molecule has 0 N–H and O–H groups in total. The van der Waals surface area contributed by atoms with Crippen molar-refractivity contribution in [1.82, 2.24) is 10.1 Å². The van der Waals surface area contributed by atoms with Gasteiger partial charge in [-0.05, 0) is 55.5 Å². The summed E-state index contributed by atoms with van der Waals surface area (Å²) in [5, 5.41) is 4.02. The summed E-state index contributed by atoms with van der Waals surface area (Å²) in [5.74, 6) is 0.920. The number of ether oxygens (including phenoxy) is 1. The minimum atomic E-state index is 0.0774. The number of aryl methyl sites for hydroxylation is 1. The van der Waals surface area contributed by atoms with Gasteiger partial charge in [0.15, 0.2) is 0 Å². The normalized spacial score (nSPS) is 17.3. The second-order valence-electron chi connectivity index (χ2n) is 6.14. The Balaban J connectivity index is 1.69. The predicted octanol–water partition coefficient (Wildman–Crippen LogP) is 3.42. The van der Waals surface area contributed by atoms with E-state index in [0.29, 0.717) is 11.3 Å². The van der Waals surface area contributed by atoms with Crippen molar-refractivity contribution < 1.29 is 14.1 Å². The number of carbonyl (C=O) groups excluding carboxylic acids is 1. The number of likely N-dealkylation sites (tertiary alicyclic amines) is 1. The van der Waals surface area contributed by atoms with Crippen LogP contribution in [0.1, 0.15) is 29.7 Å². The average molecular weight is 349 g/mol. The van der Waals surface area contributed by atoms with Crippen LogP contribution in [-0.2, 0) is 17.6 Å². The molecule has 3 rings (SSSR count). The van der Waals surface area contributed by atoms with Crippen molar-refractivity contribution in [3.8, 4) is 5.75 Å². The third-order valence-electron chi connectivity index (χ3n) is 4.57. The minimum Gasteiger partial charge on any atom is -0.497 e. The van der Waals surface area contributed by atoms with Crippen LogP contribution in [0.2, 0.25) is 5.22 Å². The Bertz CT molecular complexity index is 709. The second kappa shape index (κ2) is 7.26. The van der Waals surface area contributed by atoms with Crippen LogP contribution in [0.3, 0.4) is 0 Å². The molecule has 1 amide bonds. The van der Waals surface area contributed by atoms with Gasteiger partial charge in [-0.3, -0.25) is 4.79 Å². The van der Waals surface area contributed by atoms with Gasteiger partial charge in [-0.2, -0.15) is 0 Å². The summed E-state index contributed by atoms with van der Waals surface area (Å²) in [6.07, 6.45) is 3.11. The summed E-state index contributed by atoms with van der Waals surface area (Å²) < 4.78 is 10.2. The highest BCUT2D eigenvalue weighted by molar-refractivity contribution is 6.29. The topological polar surface area (TPSA) is 55.6 Å². The quantitative estimate of drug-likeness (QED) is 0.830. The summed E-state index contributed by atoms with van der Waals surface area (Å²) >= 11 is 5.98. The maximum atomic E-state index is 12.7. The molecule has 0 saturated carbocycles. The van der Waals surface area contributed by atoms with Crippen molar-refractivity contribution in [1.29, 1.82) is 0 Å². The molecule has 1 aliphatic heterocycles. The van der Waals surface area contributed by atoms with Crippen LogP contribution < -0.4 is 4.74 Å². The fourth-order valence-electron chi connectivity index (χ4n) is 3.26. The number of hydrogen-bond acceptors (Lipinski definition) is 4. The minimum absolute atomic E-state index is 0.0774. The van der Waals surface area contributed by atoms with Crippen LogP contribution >= 0.6 is 11.6 Å². The molecule has 0 radical (unpaired) electrons. The van der Waals surface area contributed by atoms with Crippen molar-refractivity contribution >= 4 is 17.5 Å². The number of methoxy groups -OCH3 is 1. The number of rotatable bonds is 5. The lowest BCUT2D eigenvalue weighted by Gasteiger charge is -2.25. The van der Waals surface area contributed by atoms with Crippen LogP contribution in [0, 0.1) is 6.92 Å². The van der Waals surface area contributed by atoms with E-state index in [1.54, 1.807) is 14.0 Å². The van der Waals surface area contributed by atoms with Gasteiger partial charge >= 0.3 is 0 Å². The first kappa shape index (κ1) is 16.8. The first-order valence-electron chi connectivity index (χ1n) is 8.11. The number of amides is 1. The highest BCUT2D eigenvalue weighted by Gasteiger charge is 2.30. The first-order chi connectivity index (χ1) is 11.6. The van der Waals surface area contributed by atoms with E-state index in [-0.39, 0.29) is 23.6 Å². The molecule has 0 bridgehead atoms. The second-order valence-corrected chi connectivity index (χ2v) is 6.48. The van der Waals surface area contributed by atoms with E-state index in [1.807, 2.05) is 23.1 Å². The van der Waals surface area contributed by atoms with Gasteiger partial charge in [0.05, 0.1) is 19.2 Å². The number of aromatic nitrogens is 1. The lowest BCUT2D eigenvalue weighted by atomic mass is 10.0. The Labute approximate surface area is 146 Å². The fourth-order valence-corrected chi connectivity index (χ4v) is 3.50. The summed E-state index contributed by atoms with van der Waals surface area (Å²) in [5.41, 5.74) is 2.55. The monoisotopic (exact) mass is 348 g/mol. The van der Waals surface area contributed by atoms with E-state index in [0.717, 1.165) is 31.6 Å². The highest BCUT2D eigenvalue weighted by atomic mass is 35.5. The Morgan fingerprint density at radius 2 is 2.33 bits per heavy atom. The maximum Gasteiger partial charge on any atom is 0.229 e. The molecule has 1 fully saturated rings. The van der Waals surface area contributed by atoms with Crippen molar-refractivity contribution in [2.75, 3.05) is 13.7 Å². The van der Waals surface area contributed by atoms with Crippen molar-refractivity contribution in [2.24, 2.45) is 0 Å². The van der Waals surface area contributed by atoms with Gasteiger partial charge in [0.2, 0.25) is 11.1 Å². The van der Waals surface area contributed by atoms with Gasteiger partial charge in [0, 0.05) is 18.2 Å². The molecule has 2 aromatic rings. The third kappa shape index (κ3) is 3.56. The molecule has 1 aliphatic rings. The summed E-state index contributed by atoms with van der Waals surface area (Å²) in [6.45, 7) is 2.59. The number of hydrogen-bond donors (Lipinski definition) is 0. The Morgan fingerprint density at radius 1 is 1.50 bits per heavy atom. The molecular weight excluding hydrogens is 328 g/mol. The van der Waals surface area contributed by atoms with Crippen molar-refractivity contribution in [3.63, 3.8) is 0 Å². The van der Waals surface area contributed by atoms with E-state index < -0.39 is 0 Å². The average Bonchev–Trinajstić information content (AvgIpc) is 3.16. The molecule has 5 nitrogen and oxygen atoms in total. The van der Waals surface area contributed by atoms with E-state index in [9.17, 15) is 4.79 Å². The first-order valence-corrected chi connectivity index (χ1v) is 8.49. The molecule has 1 aromatic heterocycles. The van der Waals surface area contributed by atoms with Gasteiger partial charge in [0.1, 0.15) is 5.75 Å². The zero-order valence-corrected chi connectivity index (χ0v) is 14.7. The molecule has 2 heterocycles. The zero-order chi connectivity index (χ0) is 17.1. The SMILES string of the molecule is COc1cccc(C[C@H]2CCCN2C(=O)Cc2c(C)noc2Cl)c1. The van der Waals surface area contributed by atoms with Crippen LogP contribution in [0.15, 0.2) is 28.8 Å². The van der Waals surface area contributed by atoms with Gasteiger partial charge in [0.25, 0.3) is 0 Å². The number of benzene rings is 1. The van der Waals surface area contributed by atoms with Gasteiger partial charge in [-0.15, -0.1) is 0 Å². The molecule has 128 valence electrons. The standard InChI is InChI=1S/C18H21ClN2O3/c1-12-16(18(19)24-20-12)11-17(22)21-8-4-6-14(21)9-13-5-3-7-15(10-13)23-2/h3,5,7,10,14H,4,6,8-9,11H2,1-2H3/t14-/m1/s1. The van der Waals surface area contributed by atoms with Gasteiger partial charge in [-0.25, -0.2) is 0 Å². The smallest absolute Gasteiger partial charge is 0.229 e. The summed E-state index contributed by atoms with van der Waals surface area (Å²) in [4.78, 5) is 14.7. The molecule has 24 heavy (non-hydrogen) atoms. The zero-order valence-electron chi connectivity index (χ0n) is 13.9. The summed E-state index contributed by atoms with van der Waals surface area (Å²) in [7, 11) is 1.66. The molecule has 1 saturated heterocycles. The molecule has 1 aromatic carbocycles. The van der Waals surface area contributed by atoms with E-state index >= 15 is 0 Å². The Kier molecular flexibility index (Phi) is 5.09. The molecule has 0 spiro atoms. The molecule has 6 heteroatoms. The molecular formula is C18H21ClN2O3. The maximum absolute atomic E-state index is 12.7. The largest absolute Gasteiger partial charge is 0.497 e. The highest BCUT2D eigenvalue weighted by Crippen LogP contribution is 2.26. The van der Waals surface area contributed by atoms with Crippen molar-refractivity contribution in [3.05, 3.63) is 46.3 Å². The van der Waals surface area contributed by atoms with E-state index in [1.165, 1.54) is 5.56 Å². The lowest BCUT2D eigenvalue weighted by molar-refractivity contribution is -0.131. The number of carbonyl (C=O) groups is 1. The van der Waals surface area contributed by atoms with E-state index in [4.69, 9.17) is 20.9 Å². The lowest BCUT2D eigenvalue weighted by Crippen LogP contribution is -2.37. The summed E-state index contributed by atoms with van der Waals surface area (Å²) in [6, 6.07) is 8.23. The number of nitrogens with zero attached hydrogens (tertiary/aromatic N) is 2. The predicted molar refractivity (Wildman–Crippen MR) is 91.4 cm³/mol. The van der Waals surface area contributed by atoms with Crippen LogP contribution in [0.5, 0.6) is 5.75 Å². The van der Waals surface area contributed by atoms with Crippen LogP contribution in [-0.4, -0.2) is 35.7 Å². The molecule has 0 aliphatic carbocycles. The van der Waals surface area contributed by atoms with Gasteiger partial charge in [-0.1, -0.05) is 17.3 Å². The molecule has 1 atom stereocenters. The van der Waals surface area contributed by atoms with Crippen LogP contribution in [0.4, 0.5) is 0 Å².